The quantitative estimate of drug-likeness (QED) is 0.516. The highest BCUT2D eigenvalue weighted by Crippen LogP contribution is 2.50. The van der Waals surface area contributed by atoms with Crippen molar-refractivity contribution in [1.29, 1.82) is 0 Å². The minimum absolute atomic E-state index is 0.0626. The lowest BCUT2D eigenvalue weighted by atomic mass is 9.80. The van der Waals surface area contributed by atoms with Crippen molar-refractivity contribution in [2.24, 2.45) is 5.92 Å². The molecule has 0 amide bonds. The first-order valence-electron chi connectivity index (χ1n) is 10.2. The molecule has 0 spiro atoms. The molecule has 2 saturated heterocycles. The fourth-order valence-corrected chi connectivity index (χ4v) is 4.39. The van der Waals surface area contributed by atoms with Gasteiger partial charge in [0.1, 0.15) is 32.6 Å². The fourth-order valence-electron chi connectivity index (χ4n) is 4.39. The van der Waals surface area contributed by atoms with Gasteiger partial charge in [0, 0.05) is 0 Å². The first-order valence-corrected chi connectivity index (χ1v) is 10.2. The summed E-state index contributed by atoms with van der Waals surface area (Å²) < 4.78 is 23.2. The summed E-state index contributed by atoms with van der Waals surface area (Å²) in [5.41, 5.74) is 0.720. The molecular weight excluding hydrogens is 383 g/mol. The predicted molar refractivity (Wildman–Crippen MR) is 111 cm³/mol. The zero-order valence-corrected chi connectivity index (χ0v) is 17.2. The fraction of sp³-hybridized carbons (Fsp3) is 0.391. The van der Waals surface area contributed by atoms with Crippen molar-refractivity contribution in [2.45, 2.75) is 50.4 Å². The van der Waals surface area contributed by atoms with Crippen LogP contribution in [-0.2, 0) is 41.8 Å². The summed E-state index contributed by atoms with van der Waals surface area (Å²) in [7, 11) is 1.85. The van der Waals surface area contributed by atoms with Crippen molar-refractivity contribution < 1.29 is 28.5 Å². The smallest absolute Gasteiger partial charge is 0.315 e. The second-order valence-electron chi connectivity index (χ2n) is 7.91. The molecule has 4 rings (SSSR count). The third kappa shape index (κ3) is 4.00. The monoisotopic (exact) mass is 408 g/mol. The van der Waals surface area contributed by atoms with Crippen LogP contribution >= 0.6 is 0 Å². The molecule has 2 heterocycles. The van der Waals surface area contributed by atoms with Gasteiger partial charge < -0.3 is 18.9 Å². The van der Waals surface area contributed by atoms with Crippen LogP contribution in [0.5, 0.6) is 0 Å². The maximum Gasteiger partial charge on any atom is 0.315 e. The van der Waals surface area contributed by atoms with E-state index < -0.39 is 35.7 Å². The molecule has 2 aliphatic heterocycles. The van der Waals surface area contributed by atoms with Crippen LogP contribution in [0.15, 0.2) is 60.7 Å². The molecule has 6 nitrogen and oxygen atoms in total. The Morgan fingerprint density at radius 1 is 0.967 bits per heavy atom. The Bertz CT molecular complexity index is 889. The van der Waals surface area contributed by atoms with Crippen LogP contribution in [0.2, 0.25) is 0 Å². The molecule has 2 bridgehead atoms. The van der Waals surface area contributed by atoms with Gasteiger partial charge in [0.15, 0.2) is 0 Å². The molecule has 0 aromatic heterocycles. The Morgan fingerprint density at radius 2 is 1.53 bits per heavy atom. The summed E-state index contributed by atoms with van der Waals surface area (Å²) in [5, 5.41) is 0. The molecule has 2 unspecified atom stereocenters. The molecular formula is C23H25BO6. The van der Waals surface area contributed by atoms with E-state index in [1.807, 2.05) is 75.4 Å². The molecule has 0 saturated carbocycles. The van der Waals surface area contributed by atoms with E-state index >= 15 is 0 Å². The normalized spacial score (nSPS) is 29.5. The van der Waals surface area contributed by atoms with E-state index in [2.05, 4.69) is 0 Å². The van der Waals surface area contributed by atoms with Crippen molar-refractivity contribution in [3.05, 3.63) is 71.8 Å². The molecule has 2 aliphatic rings. The number of fused-ring (bicyclic) bond motifs is 2. The number of rotatable bonds is 7. The zero-order chi connectivity index (χ0) is 21.1. The largest absolute Gasteiger partial charge is 0.461 e. The molecule has 0 N–H and O–H groups in total. The van der Waals surface area contributed by atoms with E-state index in [9.17, 15) is 9.59 Å². The van der Waals surface area contributed by atoms with Gasteiger partial charge in [0.05, 0.1) is 24.6 Å². The van der Waals surface area contributed by atoms with Gasteiger partial charge in [-0.15, -0.1) is 0 Å². The van der Waals surface area contributed by atoms with Gasteiger partial charge in [-0.2, -0.15) is 0 Å². The van der Waals surface area contributed by atoms with E-state index in [1.54, 1.807) is 0 Å². The second kappa shape index (κ2) is 8.62. The maximum absolute atomic E-state index is 13.0. The number of benzene rings is 2. The van der Waals surface area contributed by atoms with E-state index in [4.69, 9.17) is 18.9 Å². The molecule has 0 aliphatic carbocycles. The van der Waals surface area contributed by atoms with Crippen molar-refractivity contribution in [3.8, 4) is 0 Å². The lowest BCUT2D eigenvalue weighted by Gasteiger charge is -2.35. The van der Waals surface area contributed by atoms with Crippen LogP contribution in [0.4, 0.5) is 0 Å². The number of carbonyl (C=O) groups is 2. The molecule has 5 atom stereocenters. The second-order valence-corrected chi connectivity index (χ2v) is 7.91. The van der Waals surface area contributed by atoms with Gasteiger partial charge >= 0.3 is 11.9 Å². The van der Waals surface area contributed by atoms with Crippen molar-refractivity contribution in [2.75, 3.05) is 0 Å². The van der Waals surface area contributed by atoms with Gasteiger partial charge in [0.25, 0.3) is 0 Å². The first-order chi connectivity index (χ1) is 14.5. The number of esters is 2. The van der Waals surface area contributed by atoms with Gasteiger partial charge in [-0.3, -0.25) is 9.59 Å². The minimum Gasteiger partial charge on any atom is -0.461 e. The minimum atomic E-state index is -1.08. The Labute approximate surface area is 176 Å². The Hall–Kier alpha value is -2.64. The molecule has 2 aromatic rings. The van der Waals surface area contributed by atoms with Gasteiger partial charge in [-0.25, -0.2) is 0 Å². The summed E-state index contributed by atoms with van der Waals surface area (Å²) >= 11 is 0. The standard InChI is InChI=1S/C23H25BO6/c1-15-23(12-18(25)27-13-16-8-4-2-5-9-16)19(20(29-15)21(24)30-23)22(26)28-14-17-10-6-3-7-11-17/h2-11,15,19-21H,12-14,24H2,1H3/t15-,19?,20?,21-,23+/m1/s1. The Balaban J connectivity index is 1.44. The van der Waals surface area contributed by atoms with Gasteiger partial charge in [-0.1, -0.05) is 60.7 Å². The SMILES string of the molecule is B[C@@H]1O[C@]2(CC(=O)OCc3ccccc3)C(C(=O)OCc3ccccc3)C1O[C@@H]2C. The van der Waals surface area contributed by atoms with Gasteiger partial charge in [0.2, 0.25) is 0 Å². The molecule has 156 valence electrons. The topological polar surface area (TPSA) is 71.1 Å². The van der Waals surface area contributed by atoms with Crippen LogP contribution in [0.1, 0.15) is 24.5 Å². The van der Waals surface area contributed by atoms with E-state index in [0.29, 0.717) is 0 Å². The highest BCUT2D eigenvalue weighted by atomic mass is 16.6. The van der Waals surface area contributed by atoms with Gasteiger partial charge in [-0.05, 0) is 18.1 Å². The van der Waals surface area contributed by atoms with Crippen LogP contribution in [-0.4, -0.2) is 43.6 Å². The summed E-state index contributed by atoms with van der Waals surface area (Å²) in [5.74, 6) is -1.51. The molecule has 0 radical (unpaired) electrons. The number of carbonyl (C=O) groups excluding carboxylic acids is 2. The third-order valence-electron chi connectivity index (χ3n) is 5.91. The summed E-state index contributed by atoms with van der Waals surface area (Å²) in [6.45, 7) is 2.17. The zero-order valence-electron chi connectivity index (χ0n) is 17.2. The average molecular weight is 408 g/mol. The van der Waals surface area contributed by atoms with Crippen LogP contribution in [0.3, 0.4) is 0 Å². The highest BCUT2D eigenvalue weighted by molar-refractivity contribution is 6.12. The lowest BCUT2D eigenvalue weighted by molar-refractivity contribution is -0.178. The van der Waals surface area contributed by atoms with Crippen molar-refractivity contribution in [1.82, 2.24) is 0 Å². The molecule has 2 fully saturated rings. The number of hydrogen-bond donors (Lipinski definition) is 0. The van der Waals surface area contributed by atoms with Crippen molar-refractivity contribution >= 4 is 19.8 Å². The predicted octanol–water partition coefficient (Wildman–Crippen LogP) is 1.99. The third-order valence-corrected chi connectivity index (χ3v) is 5.91. The number of ether oxygens (including phenoxy) is 4. The van der Waals surface area contributed by atoms with Crippen LogP contribution in [0.25, 0.3) is 0 Å². The molecule has 7 heteroatoms. The lowest BCUT2D eigenvalue weighted by Crippen LogP contribution is -2.48. The first kappa shape index (κ1) is 20.6. The molecule has 2 aromatic carbocycles. The van der Waals surface area contributed by atoms with E-state index in [0.717, 1.165) is 11.1 Å². The Kier molecular flexibility index (Phi) is 5.93. The maximum atomic E-state index is 13.0. The number of hydrogen-bond acceptors (Lipinski definition) is 6. The van der Waals surface area contributed by atoms with E-state index in [-0.39, 0.29) is 25.6 Å². The summed E-state index contributed by atoms with van der Waals surface area (Å²) in [6.07, 6.45) is -0.921. The summed E-state index contributed by atoms with van der Waals surface area (Å²) in [4.78, 5) is 25.6. The summed E-state index contributed by atoms with van der Waals surface area (Å²) in [6, 6.07) is 18.6. The van der Waals surface area contributed by atoms with Crippen LogP contribution < -0.4 is 0 Å². The average Bonchev–Trinajstić information content (AvgIpc) is 3.19. The van der Waals surface area contributed by atoms with Crippen molar-refractivity contribution in [3.63, 3.8) is 0 Å². The van der Waals surface area contributed by atoms with E-state index in [1.165, 1.54) is 0 Å². The highest BCUT2D eigenvalue weighted by Gasteiger charge is 2.67. The Morgan fingerprint density at radius 3 is 2.13 bits per heavy atom. The molecule has 30 heavy (non-hydrogen) atoms. The van der Waals surface area contributed by atoms with Crippen LogP contribution in [0, 0.1) is 5.92 Å².